The van der Waals surface area contributed by atoms with Crippen molar-refractivity contribution >= 4 is 11.8 Å². The van der Waals surface area contributed by atoms with Crippen LogP contribution >= 0.6 is 0 Å². The number of aliphatic hydroxyl groups excluding tert-OH is 1. The van der Waals surface area contributed by atoms with E-state index in [1.54, 1.807) is 0 Å². The predicted molar refractivity (Wildman–Crippen MR) is 144 cm³/mol. The molecule has 242 valence electrons. The van der Waals surface area contributed by atoms with Gasteiger partial charge in [-0.2, -0.15) is 18.3 Å². The van der Waals surface area contributed by atoms with Gasteiger partial charge >= 0.3 is 6.18 Å². The molecular weight excluding hydrogens is 630 g/mol. The molecule has 1 aliphatic rings. The fourth-order valence-corrected chi connectivity index (χ4v) is 5.45. The minimum atomic E-state index is -5.34. The quantitative estimate of drug-likeness (QED) is 0.217. The molecule has 4 aromatic rings. The van der Waals surface area contributed by atoms with Crippen LogP contribution in [0.3, 0.4) is 0 Å². The zero-order valence-electron chi connectivity index (χ0n) is 23.4. The van der Waals surface area contributed by atoms with E-state index in [2.05, 4.69) is 15.4 Å². The Labute approximate surface area is 254 Å². The second-order valence-corrected chi connectivity index (χ2v) is 10.6. The van der Waals surface area contributed by atoms with Gasteiger partial charge in [0.1, 0.15) is 24.0 Å². The Morgan fingerprint density at radius 2 is 1.78 bits per heavy atom. The Morgan fingerprint density at radius 3 is 2.43 bits per heavy atom. The number of carbonyl (C=O) groups is 2. The van der Waals surface area contributed by atoms with Gasteiger partial charge < -0.3 is 16.2 Å². The van der Waals surface area contributed by atoms with E-state index in [1.165, 1.54) is 24.4 Å². The van der Waals surface area contributed by atoms with Crippen molar-refractivity contribution in [2.24, 2.45) is 5.73 Å². The topological polar surface area (TPSA) is 123 Å². The van der Waals surface area contributed by atoms with Crippen molar-refractivity contribution < 1.29 is 49.8 Å². The van der Waals surface area contributed by atoms with Crippen molar-refractivity contribution in [1.82, 2.24) is 20.1 Å². The number of aliphatic hydroxyl groups is 1. The maximum Gasteiger partial charge on any atom is 0.435 e. The highest BCUT2D eigenvalue weighted by Gasteiger charge is 2.52. The summed E-state index contributed by atoms with van der Waals surface area (Å²) in [6.07, 6.45) is -7.84. The van der Waals surface area contributed by atoms with E-state index in [-0.39, 0.29) is 28.8 Å². The van der Waals surface area contributed by atoms with Crippen molar-refractivity contribution in [3.05, 3.63) is 106 Å². The molecule has 2 amide bonds. The first-order chi connectivity index (χ1) is 21.5. The van der Waals surface area contributed by atoms with Gasteiger partial charge in [-0.1, -0.05) is 12.1 Å². The Bertz CT molecular complexity index is 1800. The first-order valence-corrected chi connectivity index (χ1v) is 13.6. The summed E-state index contributed by atoms with van der Waals surface area (Å²) in [4.78, 5) is 29.4. The number of fused-ring (bicyclic) bond motifs is 1. The molecular formula is C30H23F8N5O3. The largest absolute Gasteiger partial charge is 0.435 e. The predicted octanol–water partition coefficient (Wildman–Crippen LogP) is 5.50. The highest BCUT2D eigenvalue weighted by atomic mass is 19.4. The molecule has 8 nitrogen and oxygen atoms in total. The standard InChI is InChI=1S/C30H23F8N5O3/c31-16-8-14(9-17(32)12-16)10-21(25-18(2-1-7-40-25)15-3-4-20(33)19(11-15)28(39)46)41-23(45)13-43-26-22(44)5-6-29(34,35)24(26)27(42-43)30(36,37)38/h1-4,7-9,11-12,21-22,44H,5-6,10,13H2,(H2,39,46)(H,41,45)/t21-,22?/m0/s1. The number of primary amides is 1. The van der Waals surface area contributed by atoms with E-state index in [0.29, 0.717) is 10.7 Å². The Morgan fingerprint density at radius 1 is 1.09 bits per heavy atom. The molecule has 0 saturated heterocycles. The monoisotopic (exact) mass is 653 g/mol. The van der Waals surface area contributed by atoms with Crippen LogP contribution in [0, 0.1) is 17.5 Å². The number of hydrogen-bond donors (Lipinski definition) is 3. The average Bonchev–Trinajstić information content (AvgIpc) is 3.36. The van der Waals surface area contributed by atoms with E-state index in [0.717, 1.165) is 24.3 Å². The van der Waals surface area contributed by atoms with Crippen LogP contribution in [0.2, 0.25) is 0 Å². The SMILES string of the molecule is NC(=O)c1cc(-c2cccnc2[C@H](Cc2cc(F)cc(F)c2)NC(=O)Cn2nc(C(F)(F)F)c3c2C(O)CCC3(F)F)ccc1F. The molecule has 1 aliphatic carbocycles. The van der Waals surface area contributed by atoms with Crippen molar-refractivity contribution in [2.75, 3.05) is 0 Å². The molecule has 0 bridgehead atoms. The summed E-state index contributed by atoms with van der Waals surface area (Å²) in [5, 5.41) is 16.1. The lowest BCUT2D eigenvalue weighted by molar-refractivity contribution is -0.147. The summed E-state index contributed by atoms with van der Waals surface area (Å²) in [6, 6.07) is 7.54. The molecule has 16 heteroatoms. The summed E-state index contributed by atoms with van der Waals surface area (Å²) in [7, 11) is 0. The van der Waals surface area contributed by atoms with Crippen LogP contribution in [0.4, 0.5) is 35.1 Å². The number of hydrogen-bond acceptors (Lipinski definition) is 5. The van der Waals surface area contributed by atoms with Crippen molar-refractivity contribution in [3.63, 3.8) is 0 Å². The number of nitrogens with one attached hydrogen (secondary N) is 1. The summed E-state index contributed by atoms with van der Waals surface area (Å²) in [6.45, 7) is -1.07. The number of halogens is 8. The zero-order chi connectivity index (χ0) is 33.6. The van der Waals surface area contributed by atoms with Crippen LogP contribution in [-0.4, -0.2) is 31.7 Å². The molecule has 2 aromatic heterocycles. The summed E-state index contributed by atoms with van der Waals surface area (Å²) >= 11 is 0. The Hall–Kier alpha value is -4.86. The molecule has 2 heterocycles. The smallest absolute Gasteiger partial charge is 0.387 e. The van der Waals surface area contributed by atoms with E-state index < -0.39 is 95.4 Å². The molecule has 46 heavy (non-hydrogen) atoms. The highest BCUT2D eigenvalue weighted by molar-refractivity contribution is 5.94. The Balaban J connectivity index is 1.56. The maximum absolute atomic E-state index is 14.7. The molecule has 2 aromatic carbocycles. The molecule has 5 rings (SSSR count). The molecule has 1 unspecified atom stereocenters. The van der Waals surface area contributed by atoms with Gasteiger partial charge in [-0.05, 0) is 54.3 Å². The number of rotatable bonds is 8. The molecule has 0 aliphatic heterocycles. The van der Waals surface area contributed by atoms with Gasteiger partial charge in [-0.15, -0.1) is 0 Å². The van der Waals surface area contributed by atoms with Gasteiger partial charge in [-0.3, -0.25) is 19.3 Å². The Kier molecular flexibility index (Phi) is 8.59. The van der Waals surface area contributed by atoms with Crippen molar-refractivity contribution in [1.29, 1.82) is 0 Å². The lowest BCUT2D eigenvalue weighted by Gasteiger charge is -2.27. The van der Waals surface area contributed by atoms with Gasteiger partial charge in [0.25, 0.3) is 11.8 Å². The lowest BCUT2D eigenvalue weighted by Crippen LogP contribution is -2.35. The van der Waals surface area contributed by atoms with Crippen LogP contribution in [0.5, 0.6) is 0 Å². The van der Waals surface area contributed by atoms with Gasteiger partial charge in [0, 0.05) is 24.2 Å². The van der Waals surface area contributed by atoms with Crippen LogP contribution < -0.4 is 11.1 Å². The van der Waals surface area contributed by atoms with Crippen molar-refractivity contribution in [3.8, 4) is 11.1 Å². The van der Waals surface area contributed by atoms with Gasteiger partial charge in [0.05, 0.1) is 34.7 Å². The van der Waals surface area contributed by atoms with Gasteiger partial charge in [-0.25, -0.2) is 22.0 Å². The van der Waals surface area contributed by atoms with Gasteiger partial charge in [0.2, 0.25) is 5.91 Å². The van der Waals surface area contributed by atoms with E-state index in [4.69, 9.17) is 5.73 Å². The van der Waals surface area contributed by atoms with Crippen LogP contribution in [0.15, 0.2) is 54.7 Å². The number of aromatic nitrogens is 3. The number of amides is 2. The first-order valence-electron chi connectivity index (χ1n) is 13.6. The minimum absolute atomic E-state index is 0.0159. The van der Waals surface area contributed by atoms with E-state index in [9.17, 15) is 49.8 Å². The fraction of sp³-hybridized carbons (Fsp3) is 0.267. The number of alkyl halides is 5. The number of carbonyl (C=O) groups excluding carboxylic acids is 2. The number of nitrogens with zero attached hydrogens (tertiary/aromatic N) is 3. The third-order valence-electron chi connectivity index (χ3n) is 7.38. The second-order valence-electron chi connectivity index (χ2n) is 10.6. The van der Waals surface area contributed by atoms with Crippen LogP contribution in [0.25, 0.3) is 11.1 Å². The normalized spacial score (nSPS) is 16.5. The number of nitrogens with two attached hydrogens (primary N) is 1. The highest BCUT2D eigenvalue weighted by Crippen LogP contribution is 2.49. The zero-order valence-corrected chi connectivity index (χ0v) is 23.4. The average molecular weight is 654 g/mol. The third-order valence-corrected chi connectivity index (χ3v) is 7.38. The summed E-state index contributed by atoms with van der Waals surface area (Å²) in [5.74, 6) is -8.99. The molecule has 0 spiro atoms. The molecule has 0 radical (unpaired) electrons. The van der Waals surface area contributed by atoms with Crippen LogP contribution in [0.1, 0.15) is 63.6 Å². The molecule has 2 atom stereocenters. The lowest BCUT2D eigenvalue weighted by atomic mass is 9.89. The van der Waals surface area contributed by atoms with Gasteiger partial charge in [0.15, 0.2) is 5.69 Å². The third kappa shape index (κ3) is 6.56. The fourth-order valence-electron chi connectivity index (χ4n) is 5.45. The summed E-state index contributed by atoms with van der Waals surface area (Å²) < 4.78 is 113. The molecule has 0 saturated carbocycles. The molecule has 0 fully saturated rings. The summed E-state index contributed by atoms with van der Waals surface area (Å²) in [5.41, 5.74) is 0.900. The van der Waals surface area contributed by atoms with Crippen LogP contribution in [-0.2, 0) is 29.9 Å². The van der Waals surface area contributed by atoms with E-state index in [1.807, 2.05) is 0 Å². The molecule has 4 N–H and O–H groups in total. The van der Waals surface area contributed by atoms with Crippen molar-refractivity contribution in [2.45, 2.75) is 50.1 Å². The number of pyridine rings is 1. The maximum atomic E-state index is 14.7. The minimum Gasteiger partial charge on any atom is -0.387 e. The van der Waals surface area contributed by atoms with E-state index >= 15 is 0 Å². The first kappa shape index (κ1) is 32.5. The second kappa shape index (κ2) is 12.2. The number of benzene rings is 2.